The number of nitrogens with zero attached hydrogens (tertiary/aromatic N) is 1. The van der Waals surface area contributed by atoms with Crippen LogP contribution in [0.25, 0.3) is 0 Å². The molecule has 0 fully saturated rings. The standard InChI is InChI=1S/C9H20N2O3/c1-9(2,13)6-11(3)8(12)7(5-10)14-4/h7,13H,5-6,10H2,1-4H3. The smallest absolute Gasteiger partial charge is 0.252 e. The number of carbonyl (C=O) groups excluding carboxylic acids is 1. The van der Waals surface area contributed by atoms with Crippen LogP contribution in [0.1, 0.15) is 13.8 Å². The maximum Gasteiger partial charge on any atom is 0.252 e. The van der Waals surface area contributed by atoms with Crippen LogP contribution in [-0.2, 0) is 9.53 Å². The highest BCUT2D eigenvalue weighted by Gasteiger charge is 2.24. The molecule has 0 heterocycles. The number of rotatable bonds is 5. The largest absolute Gasteiger partial charge is 0.389 e. The van der Waals surface area contributed by atoms with Gasteiger partial charge < -0.3 is 20.5 Å². The van der Waals surface area contributed by atoms with Crippen LogP contribution >= 0.6 is 0 Å². The summed E-state index contributed by atoms with van der Waals surface area (Å²) in [6.45, 7) is 3.68. The van der Waals surface area contributed by atoms with Gasteiger partial charge in [0.15, 0.2) is 0 Å². The van der Waals surface area contributed by atoms with Gasteiger partial charge in [0.25, 0.3) is 5.91 Å². The van der Waals surface area contributed by atoms with E-state index in [-0.39, 0.29) is 19.0 Å². The molecule has 0 saturated heterocycles. The van der Waals surface area contributed by atoms with E-state index in [2.05, 4.69) is 0 Å². The summed E-state index contributed by atoms with van der Waals surface area (Å²) in [6, 6.07) is 0. The molecule has 1 unspecified atom stereocenters. The summed E-state index contributed by atoms with van der Waals surface area (Å²) in [5, 5.41) is 9.50. The summed E-state index contributed by atoms with van der Waals surface area (Å²) in [6.07, 6.45) is -0.623. The zero-order valence-corrected chi connectivity index (χ0v) is 9.28. The van der Waals surface area contributed by atoms with Crippen molar-refractivity contribution in [2.75, 3.05) is 27.2 Å². The first-order valence-corrected chi connectivity index (χ1v) is 4.52. The van der Waals surface area contributed by atoms with Gasteiger partial charge in [0.05, 0.1) is 5.60 Å². The van der Waals surface area contributed by atoms with Crippen LogP contribution < -0.4 is 5.73 Å². The second kappa shape index (κ2) is 5.29. The minimum absolute atomic E-state index is 0.144. The number of ether oxygens (including phenoxy) is 1. The van der Waals surface area contributed by atoms with E-state index < -0.39 is 11.7 Å². The van der Waals surface area contributed by atoms with E-state index in [0.717, 1.165) is 0 Å². The first-order chi connectivity index (χ1) is 6.31. The Balaban J connectivity index is 4.24. The zero-order chi connectivity index (χ0) is 11.4. The van der Waals surface area contributed by atoms with E-state index in [1.165, 1.54) is 12.0 Å². The average Bonchev–Trinajstić information content (AvgIpc) is 2.03. The lowest BCUT2D eigenvalue weighted by Gasteiger charge is -2.27. The number of hydrogen-bond donors (Lipinski definition) is 2. The van der Waals surface area contributed by atoms with Gasteiger partial charge in [-0.1, -0.05) is 0 Å². The third-order valence-corrected chi connectivity index (χ3v) is 1.77. The minimum atomic E-state index is -0.905. The van der Waals surface area contributed by atoms with Crippen molar-refractivity contribution in [1.82, 2.24) is 4.90 Å². The molecule has 0 radical (unpaired) electrons. The molecule has 0 aromatic heterocycles. The molecule has 0 aliphatic heterocycles. The fourth-order valence-corrected chi connectivity index (χ4v) is 1.20. The zero-order valence-electron chi connectivity index (χ0n) is 9.28. The van der Waals surface area contributed by atoms with Gasteiger partial charge in [0.1, 0.15) is 6.10 Å². The van der Waals surface area contributed by atoms with Crippen molar-refractivity contribution in [3.8, 4) is 0 Å². The quantitative estimate of drug-likeness (QED) is 0.614. The summed E-state index contributed by atoms with van der Waals surface area (Å²) in [7, 11) is 3.05. The molecular weight excluding hydrogens is 184 g/mol. The van der Waals surface area contributed by atoms with E-state index in [0.29, 0.717) is 0 Å². The van der Waals surface area contributed by atoms with Crippen LogP contribution in [-0.4, -0.2) is 54.9 Å². The molecule has 5 heteroatoms. The van der Waals surface area contributed by atoms with Crippen molar-refractivity contribution in [2.24, 2.45) is 5.73 Å². The van der Waals surface area contributed by atoms with Gasteiger partial charge in [-0.3, -0.25) is 4.79 Å². The minimum Gasteiger partial charge on any atom is -0.389 e. The molecule has 0 spiro atoms. The maximum absolute atomic E-state index is 11.6. The Bertz CT molecular complexity index is 185. The molecule has 1 atom stereocenters. The van der Waals surface area contributed by atoms with Gasteiger partial charge in [-0.05, 0) is 13.8 Å². The lowest BCUT2D eigenvalue weighted by atomic mass is 10.1. The van der Waals surface area contributed by atoms with E-state index in [1.807, 2.05) is 0 Å². The van der Waals surface area contributed by atoms with Gasteiger partial charge in [-0.2, -0.15) is 0 Å². The van der Waals surface area contributed by atoms with E-state index in [4.69, 9.17) is 10.5 Å². The number of hydrogen-bond acceptors (Lipinski definition) is 4. The molecule has 0 rings (SSSR count). The monoisotopic (exact) mass is 204 g/mol. The molecule has 0 saturated carbocycles. The lowest BCUT2D eigenvalue weighted by molar-refractivity contribution is -0.142. The van der Waals surface area contributed by atoms with Crippen LogP contribution in [0.4, 0.5) is 0 Å². The van der Waals surface area contributed by atoms with Crippen LogP contribution in [0.15, 0.2) is 0 Å². The summed E-state index contributed by atoms with van der Waals surface area (Å²) >= 11 is 0. The Morgan fingerprint density at radius 3 is 2.43 bits per heavy atom. The van der Waals surface area contributed by atoms with Crippen LogP contribution in [0.3, 0.4) is 0 Å². The third kappa shape index (κ3) is 4.55. The normalized spacial score (nSPS) is 13.9. The predicted molar refractivity (Wildman–Crippen MR) is 53.8 cm³/mol. The highest BCUT2D eigenvalue weighted by molar-refractivity contribution is 5.81. The summed E-state index contributed by atoms with van der Waals surface area (Å²) in [5.41, 5.74) is 4.45. The summed E-state index contributed by atoms with van der Waals surface area (Å²) in [5.74, 6) is -0.211. The number of amides is 1. The van der Waals surface area contributed by atoms with Crippen LogP contribution in [0.5, 0.6) is 0 Å². The summed E-state index contributed by atoms with van der Waals surface area (Å²) < 4.78 is 4.90. The Morgan fingerprint density at radius 2 is 2.14 bits per heavy atom. The SMILES string of the molecule is COC(CN)C(=O)N(C)CC(C)(C)O. The third-order valence-electron chi connectivity index (χ3n) is 1.77. The van der Waals surface area contributed by atoms with Crippen molar-refractivity contribution in [2.45, 2.75) is 25.6 Å². The number of carbonyl (C=O) groups is 1. The van der Waals surface area contributed by atoms with Gasteiger partial charge in [0.2, 0.25) is 0 Å². The predicted octanol–water partition coefficient (Wildman–Crippen LogP) is -0.811. The Hall–Kier alpha value is -0.650. The maximum atomic E-state index is 11.6. The van der Waals surface area contributed by atoms with E-state index >= 15 is 0 Å². The van der Waals surface area contributed by atoms with Crippen molar-refractivity contribution < 1.29 is 14.6 Å². The molecule has 84 valence electrons. The van der Waals surface area contributed by atoms with Gasteiger partial charge in [-0.25, -0.2) is 0 Å². The highest BCUT2D eigenvalue weighted by atomic mass is 16.5. The Labute approximate surface area is 84.8 Å². The fourth-order valence-electron chi connectivity index (χ4n) is 1.20. The van der Waals surface area contributed by atoms with E-state index in [9.17, 15) is 9.90 Å². The fraction of sp³-hybridized carbons (Fsp3) is 0.889. The molecule has 5 nitrogen and oxygen atoms in total. The Morgan fingerprint density at radius 1 is 1.64 bits per heavy atom. The van der Waals surface area contributed by atoms with Crippen LogP contribution in [0, 0.1) is 0 Å². The van der Waals surface area contributed by atoms with Crippen molar-refractivity contribution >= 4 is 5.91 Å². The molecule has 0 aliphatic rings. The van der Waals surface area contributed by atoms with Crippen molar-refractivity contribution in [1.29, 1.82) is 0 Å². The molecule has 14 heavy (non-hydrogen) atoms. The van der Waals surface area contributed by atoms with Crippen molar-refractivity contribution in [3.63, 3.8) is 0 Å². The molecule has 0 aliphatic carbocycles. The second-order valence-electron chi connectivity index (χ2n) is 3.97. The molecular formula is C9H20N2O3. The first kappa shape index (κ1) is 13.4. The number of likely N-dealkylation sites (N-methyl/N-ethyl adjacent to an activating group) is 1. The first-order valence-electron chi connectivity index (χ1n) is 4.52. The summed E-state index contributed by atoms with van der Waals surface area (Å²) in [4.78, 5) is 13.0. The van der Waals surface area contributed by atoms with E-state index in [1.54, 1.807) is 20.9 Å². The van der Waals surface area contributed by atoms with Gasteiger partial charge >= 0.3 is 0 Å². The molecule has 0 bridgehead atoms. The van der Waals surface area contributed by atoms with Crippen molar-refractivity contribution in [3.05, 3.63) is 0 Å². The second-order valence-corrected chi connectivity index (χ2v) is 3.97. The number of methoxy groups -OCH3 is 1. The molecule has 0 aromatic carbocycles. The lowest BCUT2D eigenvalue weighted by Crippen LogP contribution is -2.46. The molecule has 0 aromatic rings. The topological polar surface area (TPSA) is 75.8 Å². The number of nitrogens with two attached hydrogens (primary N) is 1. The van der Waals surface area contributed by atoms with Crippen LogP contribution in [0.2, 0.25) is 0 Å². The molecule has 3 N–H and O–H groups in total. The molecule has 1 amide bonds. The Kier molecular flexibility index (Phi) is 5.04. The average molecular weight is 204 g/mol. The number of aliphatic hydroxyl groups is 1. The van der Waals surface area contributed by atoms with Gasteiger partial charge in [-0.15, -0.1) is 0 Å². The highest BCUT2D eigenvalue weighted by Crippen LogP contribution is 2.05. The van der Waals surface area contributed by atoms with Gasteiger partial charge in [0, 0.05) is 27.2 Å².